The number of amides is 2. The summed E-state index contributed by atoms with van der Waals surface area (Å²) in [4.78, 5) is 16.7. The fourth-order valence-electron chi connectivity index (χ4n) is 2.32. The van der Waals surface area contributed by atoms with Crippen LogP contribution in [0.15, 0.2) is 17.5 Å². The summed E-state index contributed by atoms with van der Waals surface area (Å²) in [5, 5.41) is 17.9. The third-order valence-corrected chi connectivity index (χ3v) is 4.76. The number of hydrogen-bond acceptors (Lipinski definition) is 4. The fraction of sp³-hybridized carbons (Fsp3) is 0.625. The van der Waals surface area contributed by atoms with Crippen molar-refractivity contribution in [3.63, 3.8) is 0 Å². The summed E-state index contributed by atoms with van der Waals surface area (Å²) in [7, 11) is 0. The second kappa shape index (κ2) is 6.79. The van der Waals surface area contributed by atoms with Crippen molar-refractivity contribution in [1.29, 1.82) is 0 Å². The largest absolute Gasteiger partial charge is 0.396 e. The van der Waals surface area contributed by atoms with Crippen LogP contribution in [0.5, 0.6) is 0 Å². The van der Waals surface area contributed by atoms with E-state index in [0.29, 0.717) is 0 Å². The molecular weight excluding hydrogens is 298 g/mol. The van der Waals surface area contributed by atoms with Crippen LogP contribution in [0.4, 0.5) is 4.79 Å². The van der Waals surface area contributed by atoms with E-state index >= 15 is 0 Å². The summed E-state index contributed by atoms with van der Waals surface area (Å²) >= 11 is 1.57. The van der Waals surface area contributed by atoms with Gasteiger partial charge in [0.2, 0.25) is 0 Å². The average Bonchev–Trinajstić information content (AvgIpc) is 3.06. The summed E-state index contributed by atoms with van der Waals surface area (Å²) in [5.74, 6) is 0.149. The maximum Gasteiger partial charge on any atom is 0.315 e. The van der Waals surface area contributed by atoms with Crippen LogP contribution in [0.25, 0.3) is 0 Å². The topological polar surface area (TPSA) is 74.2 Å². The lowest BCUT2D eigenvalue weighted by molar-refractivity contribution is 0.229. The second-order valence-corrected chi connectivity index (χ2v) is 7.72. The van der Waals surface area contributed by atoms with Gasteiger partial charge in [-0.05, 0) is 13.3 Å². The molecule has 1 aromatic rings. The molecule has 1 aliphatic rings. The van der Waals surface area contributed by atoms with Crippen molar-refractivity contribution in [2.24, 2.45) is 5.92 Å². The van der Waals surface area contributed by atoms with Crippen LogP contribution in [0.1, 0.15) is 50.9 Å². The molecule has 1 aliphatic carbocycles. The average molecular weight is 323 g/mol. The molecule has 1 unspecified atom stereocenters. The zero-order chi connectivity index (χ0) is 16.3. The molecule has 5 nitrogen and oxygen atoms in total. The number of nitrogens with zero attached hydrogens (tertiary/aromatic N) is 1. The standard InChI is InChI=1S/C16H25N3O2S/c1-10(14-19-13(9-22-14)16(2,3)4)17-15(21)18-12-6-5-11(7-12)8-20/h5-6,9-12,20H,7-8H2,1-4H3,(H2,17,18,21)/t10?,11-,12+/m0/s1. The highest BCUT2D eigenvalue weighted by Crippen LogP contribution is 2.26. The number of thiazole rings is 1. The molecule has 0 bridgehead atoms. The minimum atomic E-state index is -0.201. The molecule has 2 amide bonds. The Bertz CT molecular complexity index is 548. The summed E-state index contributed by atoms with van der Waals surface area (Å²) in [5.41, 5.74) is 1.07. The first kappa shape index (κ1) is 17.0. The molecule has 0 saturated heterocycles. The Kier molecular flexibility index (Phi) is 5.24. The van der Waals surface area contributed by atoms with E-state index in [0.717, 1.165) is 17.1 Å². The van der Waals surface area contributed by atoms with Crippen LogP contribution in [0, 0.1) is 5.92 Å². The number of hydrogen-bond donors (Lipinski definition) is 3. The molecule has 1 aromatic heterocycles. The molecule has 0 radical (unpaired) electrons. The van der Waals surface area contributed by atoms with Crippen LogP contribution in [-0.4, -0.2) is 28.8 Å². The number of carbonyl (C=O) groups excluding carboxylic acids is 1. The van der Waals surface area contributed by atoms with E-state index in [2.05, 4.69) is 41.8 Å². The van der Waals surface area contributed by atoms with Gasteiger partial charge in [-0.25, -0.2) is 9.78 Å². The van der Waals surface area contributed by atoms with E-state index in [1.54, 1.807) is 11.3 Å². The Morgan fingerprint density at radius 2 is 2.23 bits per heavy atom. The third-order valence-electron chi connectivity index (χ3n) is 3.73. The molecular formula is C16H25N3O2S. The van der Waals surface area contributed by atoms with Crippen molar-refractivity contribution in [3.8, 4) is 0 Å². The van der Waals surface area contributed by atoms with Crippen LogP contribution in [-0.2, 0) is 5.41 Å². The number of aliphatic hydroxyl groups excluding tert-OH is 1. The summed E-state index contributed by atoms with van der Waals surface area (Å²) in [6, 6.07) is -0.334. The van der Waals surface area contributed by atoms with Gasteiger partial charge in [-0.2, -0.15) is 0 Å². The maximum absolute atomic E-state index is 12.0. The van der Waals surface area contributed by atoms with Gasteiger partial charge in [-0.1, -0.05) is 32.9 Å². The van der Waals surface area contributed by atoms with Crippen molar-refractivity contribution in [3.05, 3.63) is 28.2 Å². The van der Waals surface area contributed by atoms with Crippen LogP contribution >= 0.6 is 11.3 Å². The summed E-state index contributed by atoms with van der Waals surface area (Å²) in [6.45, 7) is 8.44. The maximum atomic E-state index is 12.0. The normalized spacial score (nSPS) is 22.6. The monoisotopic (exact) mass is 323 g/mol. The molecule has 3 N–H and O–H groups in total. The zero-order valence-corrected chi connectivity index (χ0v) is 14.4. The van der Waals surface area contributed by atoms with Crippen LogP contribution in [0.3, 0.4) is 0 Å². The van der Waals surface area contributed by atoms with E-state index < -0.39 is 0 Å². The lowest BCUT2D eigenvalue weighted by atomic mass is 9.93. The van der Waals surface area contributed by atoms with E-state index in [9.17, 15) is 4.79 Å². The first-order chi connectivity index (χ1) is 10.3. The van der Waals surface area contributed by atoms with E-state index in [-0.39, 0.29) is 36.1 Å². The first-order valence-corrected chi connectivity index (χ1v) is 8.49. The van der Waals surface area contributed by atoms with E-state index in [1.165, 1.54) is 0 Å². The number of aliphatic hydroxyl groups is 1. The van der Waals surface area contributed by atoms with Crippen molar-refractivity contribution < 1.29 is 9.90 Å². The molecule has 22 heavy (non-hydrogen) atoms. The molecule has 0 saturated carbocycles. The Balaban J connectivity index is 1.86. The Labute approximate surface area is 135 Å². The van der Waals surface area contributed by atoms with E-state index in [1.807, 2.05) is 19.1 Å². The molecule has 0 aromatic carbocycles. The van der Waals surface area contributed by atoms with Crippen molar-refractivity contribution >= 4 is 17.4 Å². The van der Waals surface area contributed by atoms with Gasteiger partial charge in [0.25, 0.3) is 0 Å². The van der Waals surface area contributed by atoms with Crippen LogP contribution < -0.4 is 10.6 Å². The number of rotatable bonds is 4. The van der Waals surface area contributed by atoms with Crippen molar-refractivity contribution in [1.82, 2.24) is 15.6 Å². The van der Waals surface area contributed by atoms with Gasteiger partial charge in [0, 0.05) is 29.4 Å². The highest BCUT2D eigenvalue weighted by Gasteiger charge is 2.22. The van der Waals surface area contributed by atoms with Gasteiger partial charge in [0.15, 0.2) is 0 Å². The third kappa shape index (κ3) is 4.30. The Morgan fingerprint density at radius 3 is 2.77 bits per heavy atom. The second-order valence-electron chi connectivity index (χ2n) is 6.83. The quantitative estimate of drug-likeness (QED) is 0.746. The fourth-order valence-corrected chi connectivity index (χ4v) is 3.37. The van der Waals surface area contributed by atoms with E-state index in [4.69, 9.17) is 5.11 Å². The van der Waals surface area contributed by atoms with Gasteiger partial charge in [-0.15, -0.1) is 11.3 Å². The predicted octanol–water partition coefficient (Wildman–Crippen LogP) is 2.74. The zero-order valence-electron chi connectivity index (χ0n) is 13.6. The molecule has 0 aliphatic heterocycles. The van der Waals surface area contributed by atoms with Gasteiger partial charge in [0.05, 0.1) is 11.7 Å². The number of aromatic nitrogens is 1. The SMILES string of the molecule is CC(NC(=O)N[C@@H]1C=C[C@H](CO)C1)c1nc(C(C)(C)C)cs1. The number of urea groups is 1. The number of nitrogens with one attached hydrogen (secondary N) is 2. The van der Waals surface area contributed by atoms with Gasteiger partial charge >= 0.3 is 6.03 Å². The molecule has 122 valence electrons. The highest BCUT2D eigenvalue weighted by molar-refractivity contribution is 7.09. The molecule has 6 heteroatoms. The summed E-state index contributed by atoms with van der Waals surface area (Å²) in [6.07, 6.45) is 4.64. The predicted molar refractivity (Wildman–Crippen MR) is 89.0 cm³/mol. The first-order valence-electron chi connectivity index (χ1n) is 7.61. The van der Waals surface area contributed by atoms with Crippen LogP contribution in [0.2, 0.25) is 0 Å². The minimum Gasteiger partial charge on any atom is -0.396 e. The lowest BCUT2D eigenvalue weighted by Crippen LogP contribution is -2.41. The van der Waals surface area contributed by atoms with Gasteiger partial charge < -0.3 is 15.7 Å². The number of carbonyl (C=O) groups is 1. The van der Waals surface area contributed by atoms with Gasteiger partial charge in [0.1, 0.15) is 5.01 Å². The molecule has 1 heterocycles. The molecule has 2 rings (SSSR count). The molecule has 3 atom stereocenters. The van der Waals surface area contributed by atoms with Crippen molar-refractivity contribution in [2.45, 2.75) is 51.6 Å². The highest BCUT2D eigenvalue weighted by atomic mass is 32.1. The lowest BCUT2D eigenvalue weighted by Gasteiger charge is -2.17. The summed E-state index contributed by atoms with van der Waals surface area (Å²) < 4.78 is 0. The Morgan fingerprint density at radius 1 is 1.50 bits per heavy atom. The minimum absolute atomic E-state index is 0.00854. The van der Waals surface area contributed by atoms with Gasteiger partial charge in [-0.3, -0.25) is 0 Å². The van der Waals surface area contributed by atoms with Crippen molar-refractivity contribution in [2.75, 3.05) is 6.61 Å². The smallest absolute Gasteiger partial charge is 0.315 e. The molecule has 0 spiro atoms. The Hall–Kier alpha value is -1.40. The molecule has 0 fully saturated rings.